The summed E-state index contributed by atoms with van der Waals surface area (Å²) in [6.07, 6.45) is 5.77. The maximum Gasteiger partial charge on any atom is 0.140 e. The normalized spacial score (nSPS) is 24.6. The molecular weight excluding hydrogens is 284 g/mol. The summed E-state index contributed by atoms with van der Waals surface area (Å²) in [4.78, 5) is 4.37. The molecule has 0 amide bonds. The van der Waals surface area contributed by atoms with Crippen LogP contribution in [-0.2, 0) is 0 Å². The summed E-state index contributed by atoms with van der Waals surface area (Å²) in [5.41, 5.74) is 0. The van der Waals surface area contributed by atoms with Crippen molar-refractivity contribution in [2.24, 2.45) is 0 Å². The Bertz CT molecular complexity index is 346. The van der Waals surface area contributed by atoms with Crippen molar-refractivity contribution in [1.82, 2.24) is 4.98 Å². The smallest absolute Gasteiger partial charge is 0.140 e. The van der Waals surface area contributed by atoms with Gasteiger partial charge in [0, 0.05) is 17.5 Å². The highest BCUT2D eigenvalue weighted by Gasteiger charge is 2.27. The van der Waals surface area contributed by atoms with E-state index in [9.17, 15) is 0 Å². The van der Waals surface area contributed by atoms with Gasteiger partial charge in [-0.2, -0.15) is 11.8 Å². The van der Waals surface area contributed by atoms with Gasteiger partial charge in [-0.15, -0.1) is 0 Å². The van der Waals surface area contributed by atoms with Crippen LogP contribution in [0.1, 0.15) is 26.2 Å². The van der Waals surface area contributed by atoms with Crippen LogP contribution in [0.25, 0.3) is 0 Å². The van der Waals surface area contributed by atoms with Gasteiger partial charge < -0.3 is 5.32 Å². The lowest BCUT2D eigenvalue weighted by atomic mass is 10.2. The fourth-order valence-corrected chi connectivity index (χ4v) is 3.74. The molecule has 4 heteroatoms. The number of hydrogen-bond donors (Lipinski definition) is 1. The van der Waals surface area contributed by atoms with Crippen molar-refractivity contribution in [3.05, 3.63) is 22.8 Å². The van der Waals surface area contributed by atoms with Gasteiger partial charge in [0.05, 0.1) is 4.47 Å². The van der Waals surface area contributed by atoms with Crippen LogP contribution < -0.4 is 5.32 Å². The monoisotopic (exact) mass is 300 g/mol. The molecule has 16 heavy (non-hydrogen) atoms. The Balaban J connectivity index is 2.01. The van der Waals surface area contributed by atoms with Gasteiger partial charge >= 0.3 is 0 Å². The summed E-state index contributed by atoms with van der Waals surface area (Å²) in [7, 11) is 0. The van der Waals surface area contributed by atoms with E-state index in [2.05, 4.69) is 44.9 Å². The SMILES string of the molecule is CCSC1CCCC1Nc1ncccc1Br. The van der Waals surface area contributed by atoms with Crippen LogP contribution in [0.3, 0.4) is 0 Å². The highest BCUT2D eigenvalue weighted by atomic mass is 79.9. The van der Waals surface area contributed by atoms with Crippen LogP contribution in [0.15, 0.2) is 22.8 Å². The topological polar surface area (TPSA) is 24.9 Å². The van der Waals surface area contributed by atoms with E-state index in [0.29, 0.717) is 6.04 Å². The molecule has 1 aromatic heterocycles. The molecule has 88 valence electrons. The minimum atomic E-state index is 0.580. The van der Waals surface area contributed by atoms with Crippen LogP contribution in [0.5, 0.6) is 0 Å². The Morgan fingerprint density at radius 3 is 3.19 bits per heavy atom. The van der Waals surface area contributed by atoms with E-state index in [0.717, 1.165) is 15.5 Å². The number of nitrogens with one attached hydrogen (secondary N) is 1. The minimum Gasteiger partial charge on any atom is -0.365 e. The zero-order valence-corrected chi connectivity index (χ0v) is 11.9. The van der Waals surface area contributed by atoms with Crippen molar-refractivity contribution >= 4 is 33.5 Å². The van der Waals surface area contributed by atoms with Crippen molar-refractivity contribution in [3.8, 4) is 0 Å². The molecule has 2 atom stereocenters. The zero-order chi connectivity index (χ0) is 11.4. The largest absolute Gasteiger partial charge is 0.365 e. The van der Waals surface area contributed by atoms with E-state index in [4.69, 9.17) is 0 Å². The van der Waals surface area contributed by atoms with Gasteiger partial charge in [-0.05, 0) is 46.7 Å². The first-order valence-corrected chi connectivity index (χ1v) is 7.64. The maximum absolute atomic E-state index is 4.37. The molecule has 1 aliphatic carbocycles. The molecule has 0 aromatic carbocycles. The summed E-state index contributed by atoms with van der Waals surface area (Å²) in [5, 5.41) is 4.31. The van der Waals surface area contributed by atoms with Crippen molar-refractivity contribution in [1.29, 1.82) is 0 Å². The van der Waals surface area contributed by atoms with Gasteiger partial charge in [0.15, 0.2) is 0 Å². The molecule has 1 N–H and O–H groups in total. The van der Waals surface area contributed by atoms with E-state index < -0.39 is 0 Å². The van der Waals surface area contributed by atoms with E-state index in [-0.39, 0.29) is 0 Å². The first kappa shape index (κ1) is 12.2. The number of nitrogens with zero attached hydrogens (tertiary/aromatic N) is 1. The second-order valence-electron chi connectivity index (χ2n) is 4.01. The van der Waals surface area contributed by atoms with E-state index in [1.165, 1.54) is 25.0 Å². The fourth-order valence-electron chi connectivity index (χ4n) is 2.17. The molecule has 1 heterocycles. The van der Waals surface area contributed by atoms with Crippen LogP contribution in [0.2, 0.25) is 0 Å². The molecule has 0 bridgehead atoms. The third kappa shape index (κ3) is 2.92. The number of hydrogen-bond acceptors (Lipinski definition) is 3. The maximum atomic E-state index is 4.37. The Hall–Kier alpha value is -0.220. The molecule has 2 rings (SSSR count). The number of aromatic nitrogens is 1. The number of halogens is 1. The minimum absolute atomic E-state index is 0.580. The molecule has 0 spiro atoms. The lowest BCUT2D eigenvalue weighted by molar-refractivity contribution is 0.762. The first-order chi connectivity index (χ1) is 7.81. The second-order valence-corrected chi connectivity index (χ2v) is 6.38. The van der Waals surface area contributed by atoms with Gasteiger partial charge in [0.25, 0.3) is 0 Å². The fraction of sp³-hybridized carbons (Fsp3) is 0.583. The van der Waals surface area contributed by atoms with Gasteiger partial charge in [-0.3, -0.25) is 0 Å². The van der Waals surface area contributed by atoms with E-state index >= 15 is 0 Å². The summed E-state index contributed by atoms with van der Waals surface area (Å²) < 4.78 is 1.06. The number of pyridine rings is 1. The first-order valence-electron chi connectivity index (χ1n) is 5.80. The molecule has 1 aliphatic rings. The van der Waals surface area contributed by atoms with Gasteiger partial charge in [-0.1, -0.05) is 13.3 Å². The van der Waals surface area contributed by atoms with Crippen molar-refractivity contribution in [3.63, 3.8) is 0 Å². The Morgan fingerprint density at radius 2 is 2.44 bits per heavy atom. The van der Waals surface area contributed by atoms with Gasteiger partial charge in [0.1, 0.15) is 5.82 Å². The molecular formula is C12H17BrN2S. The predicted molar refractivity (Wildman–Crippen MR) is 75.1 cm³/mol. The molecule has 0 saturated heterocycles. The Kier molecular flexibility index (Phi) is 4.53. The molecule has 1 fully saturated rings. The summed E-state index contributed by atoms with van der Waals surface area (Å²) >= 11 is 5.60. The van der Waals surface area contributed by atoms with Crippen molar-refractivity contribution in [2.75, 3.05) is 11.1 Å². The van der Waals surface area contributed by atoms with Crippen LogP contribution in [0.4, 0.5) is 5.82 Å². The highest BCUT2D eigenvalue weighted by molar-refractivity contribution is 9.10. The third-order valence-corrected chi connectivity index (χ3v) is 4.88. The average Bonchev–Trinajstić information content (AvgIpc) is 2.70. The standard InChI is InChI=1S/C12H17BrN2S/c1-2-16-11-7-3-6-10(11)15-12-9(13)5-4-8-14-12/h4-5,8,10-11H,2-3,6-7H2,1H3,(H,14,15). The van der Waals surface area contributed by atoms with E-state index in [1.54, 1.807) is 0 Å². The molecule has 0 radical (unpaired) electrons. The molecule has 2 unspecified atom stereocenters. The summed E-state index contributed by atoms with van der Waals surface area (Å²) in [5.74, 6) is 2.18. The average molecular weight is 301 g/mol. The van der Waals surface area contributed by atoms with Crippen LogP contribution in [-0.4, -0.2) is 22.0 Å². The number of anilines is 1. The lowest BCUT2D eigenvalue weighted by Gasteiger charge is -2.21. The van der Waals surface area contributed by atoms with Crippen molar-refractivity contribution < 1.29 is 0 Å². The molecule has 0 aliphatic heterocycles. The van der Waals surface area contributed by atoms with Crippen LogP contribution in [0, 0.1) is 0 Å². The number of rotatable bonds is 4. The molecule has 1 saturated carbocycles. The quantitative estimate of drug-likeness (QED) is 0.912. The third-order valence-electron chi connectivity index (χ3n) is 2.91. The Labute approximate surface area is 110 Å². The summed E-state index contributed by atoms with van der Waals surface area (Å²) in [6, 6.07) is 4.56. The Morgan fingerprint density at radius 1 is 1.56 bits per heavy atom. The number of thioether (sulfide) groups is 1. The van der Waals surface area contributed by atoms with Crippen LogP contribution >= 0.6 is 27.7 Å². The predicted octanol–water partition coefficient (Wildman–Crippen LogP) is 3.93. The second kappa shape index (κ2) is 5.92. The summed E-state index contributed by atoms with van der Waals surface area (Å²) in [6.45, 7) is 2.23. The lowest BCUT2D eigenvalue weighted by Crippen LogP contribution is -2.26. The highest BCUT2D eigenvalue weighted by Crippen LogP contribution is 2.32. The molecule has 1 aromatic rings. The van der Waals surface area contributed by atoms with Gasteiger partial charge in [-0.25, -0.2) is 4.98 Å². The van der Waals surface area contributed by atoms with Crippen molar-refractivity contribution in [2.45, 2.75) is 37.5 Å². The zero-order valence-electron chi connectivity index (χ0n) is 9.45. The van der Waals surface area contributed by atoms with E-state index in [1.807, 2.05) is 18.3 Å². The van der Waals surface area contributed by atoms with Gasteiger partial charge in [0.2, 0.25) is 0 Å². The molecule has 2 nitrogen and oxygen atoms in total.